The third-order valence-electron chi connectivity index (χ3n) is 3.79. The number of benzene rings is 1. The third-order valence-corrected chi connectivity index (χ3v) is 3.79. The van der Waals surface area contributed by atoms with Crippen LogP contribution < -0.4 is 0 Å². The zero-order valence-electron chi connectivity index (χ0n) is 12.4. The number of aliphatic hydroxyl groups is 1. The van der Waals surface area contributed by atoms with Crippen LogP contribution in [0.1, 0.15) is 30.8 Å². The predicted octanol–water partition coefficient (Wildman–Crippen LogP) is 3.04. The van der Waals surface area contributed by atoms with Crippen LogP contribution in [0.3, 0.4) is 0 Å². The summed E-state index contributed by atoms with van der Waals surface area (Å²) in [5, 5.41) is 16.2. The molecule has 0 saturated carbocycles. The van der Waals surface area contributed by atoms with Crippen LogP contribution in [0.15, 0.2) is 36.5 Å². The van der Waals surface area contributed by atoms with E-state index in [4.69, 9.17) is 0 Å². The van der Waals surface area contributed by atoms with Crippen LogP contribution in [0.4, 0.5) is 0 Å². The zero-order chi connectivity index (χ0) is 14.8. The Bertz CT molecular complexity index is 777. The van der Waals surface area contributed by atoms with Crippen LogP contribution in [-0.4, -0.2) is 19.9 Å². The lowest BCUT2D eigenvalue weighted by atomic mass is 10.1. The van der Waals surface area contributed by atoms with Crippen molar-refractivity contribution in [1.82, 2.24) is 14.8 Å². The van der Waals surface area contributed by atoms with Gasteiger partial charge in [0.2, 0.25) is 0 Å². The number of aliphatic hydroxyl groups excluding tert-OH is 1. The van der Waals surface area contributed by atoms with Gasteiger partial charge in [-0.3, -0.25) is 0 Å². The van der Waals surface area contributed by atoms with Crippen molar-refractivity contribution in [1.29, 1.82) is 0 Å². The lowest BCUT2D eigenvalue weighted by Crippen LogP contribution is -2.06. The van der Waals surface area contributed by atoms with Crippen molar-refractivity contribution in [3.05, 3.63) is 53.5 Å². The van der Waals surface area contributed by atoms with Crippen molar-refractivity contribution in [3.8, 4) is 5.82 Å². The lowest BCUT2D eigenvalue weighted by Gasteiger charge is -2.11. The van der Waals surface area contributed by atoms with Crippen molar-refractivity contribution < 1.29 is 5.11 Å². The van der Waals surface area contributed by atoms with Crippen LogP contribution in [0.2, 0.25) is 0 Å². The molecule has 1 N–H and O–H groups in total. The number of fused-ring (bicyclic) bond motifs is 1. The van der Waals surface area contributed by atoms with Crippen molar-refractivity contribution >= 4 is 10.8 Å². The SMILES string of the molecule is CCc1cc(CC)n(-c2ncc(CO)c3ccccc23)n1. The minimum atomic E-state index is -0.00620. The van der Waals surface area contributed by atoms with E-state index in [9.17, 15) is 5.11 Å². The number of hydrogen-bond donors (Lipinski definition) is 1. The van der Waals surface area contributed by atoms with Gasteiger partial charge >= 0.3 is 0 Å². The van der Waals surface area contributed by atoms with Gasteiger partial charge in [-0.05, 0) is 24.3 Å². The summed E-state index contributed by atoms with van der Waals surface area (Å²) in [6.45, 7) is 4.22. The first-order valence-corrected chi connectivity index (χ1v) is 7.34. The molecule has 0 aliphatic heterocycles. The van der Waals surface area contributed by atoms with Crippen molar-refractivity contribution in [2.75, 3.05) is 0 Å². The molecule has 108 valence electrons. The monoisotopic (exact) mass is 281 g/mol. The molecule has 1 aromatic carbocycles. The van der Waals surface area contributed by atoms with E-state index in [0.29, 0.717) is 0 Å². The second-order valence-corrected chi connectivity index (χ2v) is 5.06. The quantitative estimate of drug-likeness (QED) is 0.799. The molecule has 2 aromatic heterocycles. The molecule has 0 radical (unpaired) electrons. The van der Waals surface area contributed by atoms with E-state index < -0.39 is 0 Å². The summed E-state index contributed by atoms with van der Waals surface area (Å²) >= 11 is 0. The van der Waals surface area contributed by atoms with E-state index in [2.05, 4.69) is 30.0 Å². The summed E-state index contributed by atoms with van der Waals surface area (Å²) in [6, 6.07) is 10.2. The van der Waals surface area contributed by atoms with Crippen molar-refractivity contribution in [2.45, 2.75) is 33.3 Å². The van der Waals surface area contributed by atoms with Gasteiger partial charge in [0.15, 0.2) is 5.82 Å². The molecule has 0 atom stereocenters. The van der Waals surface area contributed by atoms with E-state index in [1.54, 1.807) is 6.20 Å². The Labute approximate surface area is 124 Å². The van der Waals surface area contributed by atoms with Gasteiger partial charge in [0.25, 0.3) is 0 Å². The highest BCUT2D eigenvalue weighted by Gasteiger charge is 2.13. The van der Waals surface area contributed by atoms with E-state index in [0.717, 1.165) is 46.4 Å². The van der Waals surface area contributed by atoms with Gasteiger partial charge in [0.1, 0.15) is 0 Å². The topological polar surface area (TPSA) is 50.9 Å². The van der Waals surface area contributed by atoms with E-state index >= 15 is 0 Å². The first kappa shape index (κ1) is 13.8. The van der Waals surface area contributed by atoms with E-state index in [-0.39, 0.29) is 6.61 Å². The maximum absolute atomic E-state index is 9.48. The summed E-state index contributed by atoms with van der Waals surface area (Å²) in [5.41, 5.74) is 3.07. The second kappa shape index (κ2) is 5.66. The Hall–Kier alpha value is -2.20. The van der Waals surface area contributed by atoms with Crippen molar-refractivity contribution in [2.24, 2.45) is 0 Å². The molecule has 4 nitrogen and oxygen atoms in total. The van der Waals surface area contributed by atoms with Crippen LogP contribution in [0, 0.1) is 0 Å². The predicted molar refractivity (Wildman–Crippen MR) is 83.5 cm³/mol. The highest BCUT2D eigenvalue weighted by Crippen LogP contribution is 2.25. The molecule has 0 fully saturated rings. The Morgan fingerprint density at radius 1 is 1.10 bits per heavy atom. The fraction of sp³-hybridized carbons (Fsp3) is 0.294. The highest BCUT2D eigenvalue weighted by molar-refractivity contribution is 5.90. The van der Waals surface area contributed by atoms with E-state index in [1.165, 1.54) is 0 Å². The van der Waals surface area contributed by atoms with Gasteiger partial charge in [-0.1, -0.05) is 38.1 Å². The average molecular weight is 281 g/mol. The van der Waals surface area contributed by atoms with Gasteiger partial charge in [0.05, 0.1) is 12.3 Å². The molecule has 0 bridgehead atoms. The number of pyridine rings is 1. The molecule has 21 heavy (non-hydrogen) atoms. The molecule has 0 aliphatic carbocycles. The van der Waals surface area contributed by atoms with E-state index in [1.807, 2.05) is 28.9 Å². The smallest absolute Gasteiger partial charge is 0.161 e. The van der Waals surface area contributed by atoms with Crippen LogP contribution in [0.25, 0.3) is 16.6 Å². The Morgan fingerprint density at radius 3 is 2.52 bits per heavy atom. The maximum Gasteiger partial charge on any atom is 0.161 e. The van der Waals surface area contributed by atoms with Gasteiger partial charge in [-0.2, -0.15) is 5.10 Å². The summed E-state index contributed by atoms with van der Waals surface area (Å²) in [5.74, 6) is 0.833. The fourth-order valence-corrected chi connectivity index (χ4v) is 2.61. The van der Waals surface area contributed by atoms with Crippen LogP contribution in [0.5, 0.6) is 0 Å². The molecule has 0 saturated heterocycles. The molecule has 4 heteroatoms. The lowest BCUT2D eigenvalue weighted by molar-refractivity contribution is 0.283. The van der Waals surface area contributed by atoms with Gasteiger partial charge in [-0.25, -0.2) is 9.67 Å². The Kier molecular flexibility index (Phi) is 3.71. The first-order valence-electron chi connectivity index (χ1n) is 7.34. The maximum atomic E-state index is 9.48. The summed E-state index contributed by atoms with van der Waals surface area (Å²) in [6.07, 6.45) is 3.56. The van der Waals surface area contributed by atoms with Gasteiger partial charge in [0, 0.05) is 22.8 Å². The van der Waals surface area contributed by atoms with Crippen LogP contribution in [-0.2, 0) is 19.4 Å². The number of aryl methyl sites for hydroxylation is 2. The number of hydrogen-bond acceptors (Lipinski definition) is 3. The fourth-order valence-electron chi connectivity index (χ4n) is 2.61. The minimum absolute atomic E-state index is 0.00620. The molecule has 0 unspecified atom stereocenters. The van der Waals surface area contributed by atoms with Crippen molar-refractivity contribution in [3.63, 3.8) is 0 Å². The van der Waals surface area contributed by atoms with Gasteiger partial charge < -0.3 is 5.11 Å². The normalized spacial score (nSPS) is 11.2. The molecule has 3 aromatic rings. The molecule has 3 rings (SSSR count). The molecule has 2 heterocycles. The zero-order valence-corrected chi connectivity index (χ0v) is 12.4. The molecule has 0 spiro atoms. The third kappa shape index (κ3) is 2.32. The molecular weight excluding hydrogens is 262 g/mol. The summed E-state index contributed by atoms with van der Waals surface area (Å²) in [4.78, 5) is 4.54. The summed E-state index contributed by atoms with van der Waals surface area (Å²) in [7, 11) is 0. The number of rotatable bonds is 4. The molecule has 0 aliphatic rings. The van der Waals surface area contributed by atoms with Gasteiger partial charge in [-0.15, -0.1) is 0 Å². The molecule has 0 amide bonds. The Balaban J connectivity index is 2.28. The summed E-state index contributed by atoms with van der Waals surface area (Å²) < 4.78 is 1.93. The molecular formula is C17H19N3O. The average Bonchev–Trinajstić information content (AvgIpc) is 2.97. The minimum Gasteiger partial charge on any atom is -0.392 e. The number of nitrogens with zero attached hydrogens (tertiary/aromatic N) is 3. The second-order valence-electron chi connectivity index (χ2n) is 5.06. The first-order chi connectivity index (χ1) is 10.3. The van der Waals surface area contributed by atoms with Crippen LogP contribution >= 0.6 is 0 Å². The largest absolute Gasteiger partial charge is 0.392 e. The number of aromatic nitrogens is 3. The highest BCUT2D eigenvalue weighted by atomic mass is 16.3. The Morgan fingerprint density at radius 2 is 1.86 bits per heavy atom. The standard InChI is InChI=1S/C17H19N3O/c1-3-13-9-14(4-2)20(19-13)17-16-8-6-5-7-15(16)12(11-21)10-18-17/h5-10,21H,3-4,11H2,1-2H3.